The van der Waals surface area contributed by atoms with Crippen LogP contribution in [0.1, 0.15) is 37.3 Å². The van der Waals surface area contributed by atoms with Crippen molar-refractivity contribution in [3.8, 4) is 6.07 Å². The van der Waals surface area contributed by atoms with Gasteiger partial charge in [-0.25, -0.2) is 4.98 Å². The maximum atomic E-state index is 9.17. The van der Waals surface area contributed by atoms with E-state index in [0.29, 0.717) is 17.6 Å². The van der Waals surface area contributed by atoms with E-state index in [1.54, 1.807) is 6.07 Å². The summed E-state index contributed by atoms with van der Waals surface area (Å²) < 4.78 is 2.13. The molecular formula is C15H18N4S. The van der Waals surface area contributed by atoms with Crippen molar-refractivity contribution in [2.24, 2.45) is 0 Å². The van der Waals surface area contributed by atoms with Crippen LogP contribution in [0.25, 0.3) is 11.0 Å². The van der Waals surface area contributed by atoms with Crippen LogP contribution >= 0.6 is 11.8 Å². The highest BCUT2D eigenvalue weighted by Crippen LogP contribution is 2.37. The number of nitrogen functional groups attached to an aromatic ring is 1. The highest BCUT2D eigenvalue weighted by atomic mass is 32.2. The van der Waals surface area contributed by atoms with Crippen molar-refractivity contribution >= 4 is 28.7 Å². The summed E-state index contributed by atoms with van der Waals surface area (Å²) in [6.07, 6.45) is 6.91. The summed E-state index contributed by atoms with van der Waals surface area (Å²) in [5.41, 5.74) is 8.44. The molecule has 0 amide bonds. The Morgan fingerprint density at radius 2 is 2.10 bits per heavy atom. The van der Waals surface area contributed by atoms with E-state index in [2.05, 4.69) is 21.9 Å². The Labute approximate surface area is 123 Å². The topological polar surface area (TPSA) is 67.6 Å². The Bertz CT molecular complexity index is 662. The van der Waals surface area contributed by atoms with Gasteiger partial charge in [-0.1, -0.05) is 6.07 Å². The molecule has 104 valence electrons. The van der Waals surface area contributed by atoms with E-state index in [1.165, 1.54) is 12.8 Å². The molecule has 0 unspecified atom stereocenters. The fourth-order valence-corrected chi connectivity index (χ4v) is 3.89. The summed E-state index contributed by atoms with van der Waals surface area (Å²) in [6, 6.07) is 8.33. The second-order valence-corrected chi connectivity index (χ2v) is 6.43. The van der Waals surface area contributed by atoms with Crippen molar-refractivity contribution < 1.29 is 0 Å². The summed E-state index contributed by atoms with van der Waals surface area (Å²) in [7, 11) is 0. The predicted octanol–water partition coefficient (Wildman–Crippen LogP) is 3.34. The zero-order valence-corrected chi connectivity index (χ0v) is 12.4. The van der Waals surface area contributed by atoms with Gasteiger partial charge in [0, 0.05) is 11.3 Å². The number of anilines is 1. The molecule has 1 saturated carbocycles. The highest BCUT2D eigenvalue weighted by Gasteiger charge is 2.25. The first-order chi connectivity index (χ1) is 9.74. The molecule has 1 aliphatic rings. The molecule has 0 spiro atoms. The molecule has 0 bridgehead atoms. The maximum absolute atomic E-state index is 9.17. The Balaban J connectivity index is 2.00. The number of thioether (sulfide) groups is 1. The Morgan fingerprint density at radius 3 is 2.75 bits per heavy atom. The molecule has 5 heteroatoms. The molecule has 0 aliphatic heterocycles. The molecule has 1 aliphatic carbocycles. The first-order valence-corrected chi connectivity index (χ1v) is 8.22. The molecule has 1 aromatic carbocycles. The van der Waals surface area contributed by atoms with Gasteiger partial charge in [0.2, 0.25) is 5.95 Å². The van der Waals surface area contributed by atoms with Crippen LogP contribution in [-0.2, 0) is 0 Å². The number of hydrogen-bond acceptors (Lipinski definition) is 4. The van der Waals surface area contributed by atoms with Gasteiger partial charge in [0.1, 0.15) is 11.6 Å². The lowest BCUT2D eigenvalue weighted by molar-refractivity contribution is 0.370. The van der Waals surface area contributed by atoms with Crippen LogP contribution in [0.2, 0.25) is 0 Å². The zero-order chi connectivity index (χ0) is 14.1. The van der Waals surface area contributed by atoms with Crippen LogP contribution < -0.4 is 5.73 Å². The SMILES string of the molecule is CSC1CCC(n2c(N)nc3c(C#N)cccc32)CC1. The highest BCUT2D eigenvalue weighted by molar-refractivity contribution is 7.99. The van der Waals surface area contributed by atoms with Gasteiger partial charge in [-0.15, -0.1) is 0 Å². The number of nitrogens with zero attached hydrogens (tertiary/aromatic N) is 3. The number of hydrogen-bond donors (Lipinski definition) is 1. The second kappa shape index (κ2) is 5.37. The third-order valence-corrected chi connectivity index (χ3v) is 5.35. The lowest BCUT2D eigenvalue weighted by atomic mass is 9.94. The van der Waals surface area contributed by atoms with Crippen molar-refractivity contribution in [3.63, 3.8) is 0 Å². The smallest absolute Gasteiger partial charge is 0.201 e. The van der Waals surface area contributed by atoms with E-state index in [9.17, 15) is 0 Å². The minimum atomic E-state index is 0.414. The van der Waals surface area contributed by atoms with Crippen LogP contribution in [0.3, 0.4) is 0 Å². The molecule has 2 aromatic rings. The largest absolute Gasteiger partial charge is 0.369 e. The average molecular weight is 286 g/mol. The predicted molar refractivity (Wildman–Crippen MR) is 83.7 cm³/mol. The quantitative estimate of drug-likeness (QED) is 0.919. The maximum Gasteiger partial charge on any atom is 0.201 e. The summed E-state index contributed by atoms with van der Waals surface area (Å²) in [5.74, 6) is 0.537. The first-order valence-electron chi connectivity index (χ1n) is 6.94. The molecule has 2 N–H and O–H groups in total. The number of imidazole rings is 1. The minimum absolute atomic E-state index is 0.414. The average Bonchev–Trinajstić information content (AvgIpc) is 2.83. The van der Waals surface area contributed by atoms with Gasteiger partial charge in [0.25, 0.3) is 0 Å². The van der Waals surface area contributed by atoms with E-state index in [4.69, 9.17) is 11.0 Å². The minimum Gasteiger partial charge on any atom is -0.369 e. The monoisotopic (exact) mass is 286 g/mol. The van der Waals surface area contributed by atoms with Gasteiger partial charge in [0.15, 0.2) is 0 Å². The number of benzene rings is 1. The fraction of sp³-hybridized carbons (Fsp3) is 0.467. The Kier molecular flexibility index (Phi) is 3.58. The van der Waals surface area contributed by atoms with Crippen molar-refractivity contribution in [2.75, 3.05) is 12.0 Å². The molecule has 1 aromatic heterocycles. The standard InChI is InChI=1S/C15H18N4S/c1-20-12-7-5-11(6-8-12)19-13-4-2-3-10(9-16)14(13)18-15(19)17/h2-4,11-12H,5-8H2,1H3,(H2,17,18). The van der Waals surface area contributed by atoms with Crippen LogP contribution in [0.5, 0.6) is 0 Å². The van der Waals surface area contributed by atoms with E-state index < -0.39 is 0 Å². The van der Waals surface area contributed by atoms with Crippen molar-refractivity contribution in [1.82, 2.24) is 9.55 Å². The lowest BCUT2D eigenvalue weighted by Crippen LogP contribution is -2.20. The van der Waals surface area contributed by atoms with Crippen LogP contribution in [0, 0.1) is 11.3 Å². The normalized spacial score (nSPS) is 22.8. The van der Waals surface area contributed by atoms with E-state index in [1.807, 2.05) is 23.9 Å². The number of nitrogens with two attached hydrogens (primary N) is 1. The molecule has 0 atom stereocenters. The van der Waals surface area contributed by atoms with Gasteiger partial charge in [0.05, 0.1) is 11.1 Å². The van der Waals surface area contributed by atoms with E-state index >= 15 is 0 Å². The van der Waals surface area contributed by atoms with Crippen molar-refractivity contribution in [3.05, 3.63) is 23.8 Å². The Hall–Kier alpha value is -1.67. The van der Waals surface area contributed by atoms with Gasteiger partial charge in [-0.05, 0) is 44.1 Å². The third kappa shape index (κ3) is 2.14. The van der Waals surface area contributed by atoms with Crippen LogP contribution in [-0.4, -0.2) is 21.1 Å². The molecule has 1 fully saturated rings. The van der Waals surface area contributed by atoms with Crippen LogP contribution in [0.4, 0.5) is 5.95 Å². The zero-order valence-electron chi connectivity index (χ0n) is 11.5. The van der Waals surface area contributed by atoms with Gasteiger partial charge in [-0.3, -0.25) is 0 Å². The van der Waals surface area contributed by atoms with Crippen molar-refractivity contribution in [1.29, 1.82) is 5.26 Å². The van der Waals surface area contributed by atoms with Crippen LogP contribution in [0.15, 0.2) is 18.2 Å². The van der Waals surface area contributed by atoms with Gasteiger partial charge < -0.3 is 10.3 Å². The molecular weight excluding hydrogens is 268 g/mol. The fourth-order valence-electron chi connectivity index (χ4n) is 3.15. The molecule has 1 heterocycles. The Morgan fingerprint density at radius 1 is 1.35 bits per heavy atom. The summed E-state index contributed by atoms with van der Waals surface area (Å²) in [4.78, 5) is 4.41. The number of aromatic nitrogens is 2. The number of nitriles is 1. The van der Waals surface area contributed by atoms with E-state index in [-0.39, 0.29) is 0 Å². The first kappa shape index (κ1) is 13.3. The molecule has 0 radical (unpaired) electrons. The number of fused-ring (bicyclic) bond motifs is 1. The molecule has 0 saturated heterocycles. The number of para-hydroxylation sites is 1. The second-order valence-electron chi connectivity index (χ2n) is 5.29. The summed E-state index contributed by atoms with van der Waals surface area (Å²) in [5, 5.41) is 9.94. The van der Waals surface area contributed by atoms with Gasteiger partial charge >= 0.3 is 0 Å². The lowest BCUT2D eigenvalue weighted by Gasteiger charge is -2.29. The molecule has 20 heavy (non-hydrogen) atoms. The molecule has 3 rings (SSSR count). The summed E-state index contributed by atoms with van der Waals surface area (Å²) >= 11 is 1.96. The summed E-state index contributed by atoms with van der Waals surface area (Å²) in [6.45, 7) is 0. The third-order valence-electron chi connectivity index (χ3n) is 4.21. The van der Waals surface area contributed by atoms with E-state index in [0.717, 1.165) is 29.1 Å². The molecule has 4 nitrogen and oxygen atoms in total. The van der Waals surface area contributed by atoms with Crippen molar-refractivity contribution in [2.45, 2.75) is 37.0 Å². The van der Waals surface area contributed by atoms with Gasteiger partial charge in [-0.2, -0.15) is 17.0 Å². The number of rotatable bonds is 2.